The zero-order valence-corrected chi connectivity index (χ0v) is 13.4. The number of hydrogen-bond donors (Lipinski definition) is 0. The molecule has 0 aliphatic carbocycles. The number of halogens is 4. The molecule has 0 bridgehead atoms. The predicted octanol–water partition coefficient (Wildman–Crippen LogP) is 5.03. The summed E-state index contributed by atoms with van der Waals surface area (Å²) in [4.78, 5) is 2.18. The summed E-state index contributed by atoms with van der Waals surface area (Å²) in [7, 11) is 0. The monoisotopic (exact) mass is 369 g/mol. The molecule has 1 aliphatic heterocycles. The molecule has 0 amide bonds. The van der Waals surface area contributed by atoms with Crippen LogP contribution in [-0.2, 0) is 25.7 Å². The lowest BCUT2D eigenvalue weighted by Gasteiger charge is -2.29. The van der Waals surface area contributed by atoms with Crippen molar-refractivity contribution in [2.75, 3.05) is 6.54 Å². The molecule has 0 saturated heterocycles. The molecular weight excluding hydrogens is 355 g/mol. The number of benzene rings is 2. The van der Waals surface area contributed by atoms with E-state index < -0.39 is 11.7 Å². The Morgan fingerprint density at radius 2 is 1.86 bits per heavy atom. The van der Waals surface area contributed by atoms with Gasteiger partial charge >= 0.3 is 6.18 Å². The largest absolute Gasteiger partial charge is 0.416 e. The molecule has 0 aromatic heterocycles. The smallest absolute Gasteiger partial charge is 0.294 e. The van der Waals surface area contributed by atoms with Crippen molar-refractivity contribution >= 4 is 15.9 Å². The third-order valence-electron chi connectivity index (χ3n) is 3.95. The fraction of sp³-hybridized carbons (Fsp3) is 0.294. The summed E-state index contributed by atoms with van der Waals surface area (Å²) in [5.74, 6) is 0. The van der Waals surface area contributed by atoms with Gasteiger partial charge in [-0.15, -0.1) is 0 Å². The van der Waals surface area contributed by atoms with Crippen LogP contribution in [0.15, 0.2) is 46.9 Å². The summed E-state index contributed by atoms with van der Waals surface area (Å²) < 4.78 is 39.4. The Hall–Kier alpha value is -1.33. The quantitative estimate of drug-likeness (QED) is 0.717. The van der Waals surface area contributed by atoms with Gasteiger partial charge in [-0.05, 0) is 35.2 Å². The van der Waals surface area contributed by atoms with Gasteiger partial charge in [0.2, 0.25) is 0 Å². The summed E-state index contributed by atoms with van der Waals surface area (Å²) in [6.07, 6.45) is -3.37. The molecule has 0 atom stereocenters. The van der Waals surface area contributed by atoms with Crippen molar-refractivity contribution < 1.29 is 13.2 Å². The lowest BCUT2D eigenvalue weighted by molar-refractivity contribution is -0.137. The molecule has 0 saturated carbocycles. The van der Waals surface area contributed by atoms with Crippen molar-refractivity contribution in [2.24, 2.45) is 0 Å². The Kier molecular flexibility index (Phi) is 4.28. The zero-order chi connectivity index (χ0) is 15.7. The summed E-state index contributed by atoms with van der Waals surface area (Å²) in [6, 6.07) is 11.7. The van der Waals surface area contributed by atoms with E-state index in [1.165, 1.54) is 23.3 Å². The summed E-state index contributed by atoms with van der Waals surface area (Å²) in [5, 5.41) is 0. The number of alkyl halides is 3. The number of rotatable bonds is 2. The van der Waals surface area contributed by atoms with Crippen LogP contribution in [0.25, 0.3) is 0 Å². The van der Waals surface area contributed by atoms with Crippen molar-refractivity contribution in [1.82, 2.24) is 4.90 Å². The van der Waals surface area contributed by atoms with Crippen molar-refractivity contribution in [3.8, 4) is 0 Å². The van der Waals surface area contributed by atoms with Crippen LogP contribution in [0.1, 0.15) is 22.3 Å². The summed E-state index contributed by atoms with van der Waals surface area (Å²) >= 11 is 3.56. The van der Waals surface area contributed by atoms with Gasteiger partial charge in [-0.1, -0.05) is 46.3 Å². The van der Waals surface area contributed by atoms with Gasteiger partial charge in [-0.25, -0.2) is 0 Å². The van der Waals surface area contributed by atoms with Gasteiger partial charge in [0.15, 0.2) is 0 Å². The lowest BCUT2D eigenvalue weighted by atomic mass is 9.99. The van der Waals surface area contributed by atoms with E-state index in [9.17, 15) is 13.2 Å². The minimum absolute atomic E-state index is 0.538. The van der Waals surface area contributed by atoms with Crippen LogP contribution in [0.4, 0.5) is 13.2 Å². The predicted molar refractivity (Wildman–Crippen MR) is 83.4 cm³/mol. The van der Waals surface area contributed by atoms with Crippen LogP contribution in [0.2, 0.25) is 0 Å². The van der Waals surface area contributed by atoms with Gasteiger partial charge in [-0.2, -0.15) is 13.2 Å². The first-order chi connectivity index (χ1) is 10.4. The highest BCUT2D eigenvalue weighted by Gasteiger charge is 2.30. The van der Waals surface area contributed by atoms with Crippen molar-refractivity contribution in [2.45, 2.75) is 25.7 Å². The fourth-order valence-corrected chi connectivity index (χ4v) is 3.47. The number of fused-ring (bicyclic) bond motifs is 1. The van der Waals surface area contributed by atoms with Crippen LogP contribution < -0.4 is 0 Å². The first kappa shape index (κ1) is 15.6. The van der Waals surface area contributed by atoms with E-state index in [-0.39, 0.29) is 0 Å². The Bertz CT molecular complexity index is 682. The SMILES string of the molecule is FC(F)(F)c1cccc(CN2CCc3c(Br)cccc3C2)c1. The van der Waals surface area contributed by atoms with Crippen LogP contribution in [-0.4, -0.2) is 11.4 Å². The van der Waals surface area contributed by atoms with E-state index in [0.717, 1.165) is 30.0 Å². The van der Waals surface area contributed by atoms with Gasteiger partial charge in [0.05, 0.1) is 5.56 Å². The van der Waals surface area contributed by atoms with E-state index >= 15 is 0 Å². The van der Waals surface area contributed by atoms with E-state index in [1.54, 1.807) is 6.07 Å². The Morgan fingerprint density at radius 3 is 2.64 bits per heavy atom. The number of hydrogen-bond acceptors (Lipinski definition) is 1. The molecule has 2 aromatic carbocycles. The van der Waals surface area contributed by atoms with E-state index in [4.69, 9.17) is 0 Å². The number of nitrogens with zero attached hydrogens (tertiary/aromatic N) is 1. The molecule has 0 fully saturated rings. The Labute approximate surface area is 135 Å². The van der Waals surface area contributed by atoms with E-state index in [1.807, 2.05) is 12.1 Å². The van der Waals surface area contributed by atoms with Gasteiger partial charge in [0.1, 0.15) is 0 Å². The van der Waals surface area contributed by atoms with Crippen molar-refractivity contribution in [1.29, 1.82) is 0 Å². The lowest BCUT2D eigenvalue weighted by Crippen LogP contribution is -2.30. The normalized spacial score (nSPS) is 15.6. The molecule has 0 N–H and O–H groups in total. The molecule has 1 nitrogen and oxygen atoms in total. The molecule has 1 aliphatic rings. The fourth-order valence-electron chi connectivity index (χ4n) is 2.86. The average Bonchev–Trinajstić information content (AvgIpc) is 2.47. The van der Waals surface area contributed by atoms with Gasteiger partial charge in [0.25, 0.3) is 0 Å². The molecule has 0 spiro atoms. The minimum atomic E-state index is -4.28. The van der Waals surface area contributed by atoms with Crippen molar-refractivity contribution in [3.63, 3.8) is 0 Å². The first-order valence-corrected chi connectivity index (χ1v) is 7.87. The van der Waals surface area contributed by atoms with Crippen LogP contribution in [0.5, 0.6) is 0 Å². The molecule has 0 unspecified atom stereocenters. The van der Waals surface area contributed by atoms with Crippen LogP contribution in [0, 0.1) is 0 Å². The second kappa shape index (κ2) is 6.05. The first-order valence-electron chi connectivity index (χ1n) is 7.08. The maximum atomic E-state index is 12.8. The molecule has 22 heavy (non-hydrogen) atoms. The minimum Gasteiger partial charge on any atom is -0.294 e. The highest BCUT2D eigenvalue weighted by molar-refractivity contribution is 9.10. The topological polar surface area (TPSA) is 3.24 Å². The highest BCUT2D eigenvalue weighted by Crippen LogP contribution is 2.31. The average molecular weight is 370 g/mol. The molecule has 2 aromatic rings. The maximum absolute atomic E-state index is 12.8. The zero-order valence-electron chi connectivity index (χ0n) is 11.8. The van der Waals surface area contributed by atoms with Gasteiger partial charge in [-0.3, -0.25) is 4.90 Å². The molecule has 5 heteroatoms. The summed E-state index contributed by atoms with van der Waals surface area (Å²) in [6.45, 7) is 2.16. The Morgan fingerprint density at radius 1 is 1.09 bits per heavy atom. The molecule has 1 heterocycles. The molecule has 116 valence electrons. The van der Waals surface area contributed by atoms with Crippen LogP contribution >= 0.6 is 15.9 Å². The third kappa shape index (κ3) is 3.36. The molecule has 3 rings (SSSR count). The van der Waals surface area contributed by atoms with Gasteiger partial charge < -0.3 is 0 Å². The second-order valence-electron chi connectivity index (χ2n) is 5.54. The summed E-state index contributed by atoms with van der Waals surface area (Å²) in [5.41, 5.74) is 2.67. The Balaban J connectivity index is 1.75. The molecular formula is C17H15BrF3N. The molecule has 0 radical (unpaired) electrons. The second-order valence-corrected chi connectivity index (χ2v) is 6.39. The standard InChI is InChI=1S/C17H15BrF3N/c18-16-6-2-4-13-11-22(8-7-15(13)16)10-12-3-1-5-14(9-12)17(19,20)21/h1-6,9H,7-8,10-11H2. The van der Waals surface area contributed by atoms with Crippen molar-refractivity contribution in [3.05, 3.63) is 69.2 Å². The van der Waals surface area contributed by atoms with Crippen LogP contribution in [0.3, 0.4) is 0 Å². The van der Waals surface area contributed by atoms with E-state index in [2.05, 4.69) is 26.9 Å². The maximum Gasteiger partial charge on any atom is 0.416 e. The van der Waals surface area contributed by atoms with E-state index in [0.29, 0.717) is 12.1 Å². The third-order valence-corrected chi connectivity index (χ3v) is 4.69. The van der Waals surface area contributed by atoms with Gasteiger partial charge in [0, 0.05) is 24.1 Å². The highest BCUT2D eigenvalue weighted by atomic mass is 79.9.